The fourth-order valence-corrected chi connectivity index (χ4v) is 1.44. The fraction of sp³-hybridized carbons (Fsp3) is 1.00. The molecule has 0 spiro atoms. The van der Waals surface area contributed by atoms with Gasteiger partial charge in [-0.05, 0) is 25.7 Å². The molecule has 4 heteroatoms. The van der Waals surface area contributed by atoms with E-state index in [1.165, 1.54) is 0 Å². The third kappa shape index (κ3) is 7.26. The van der Waals surface area contributed by atoms with E-state index in [2.05, 4.69) is 0 Å². The van der Waals surface area contributed by atoms with Crippen molar-refractivity contribution in [3.8, 4) is 0 Å². The average Bonchev–Trinajstić information content (AvgIpc) is 2.03. The molecule has 0 radical (unpaired) electrons. The number of aliphatic hydroxyl groups is 4. The van der Waals surface area contributed by atoms with E-state index in [0.29, 0.717) is 12.8 Å². The number of aliphatic hydroxyl groups excluding tert-OH is 4. The highest BCUT2D eigenvalue weighted by atomic mass is 16.3. The summed E-state index contributed by atoms with van der Waals surface area (Å²) < 4.78 is 0. The van der Waals surface area contributed by atoms with E-state index in [9.17, 15) is 15.3 Å². The summed E-state index contributed by atoms with van der Waals surface area (Å²) in [5.41, 5.74) is 0. The van der Waals surface area contributed by atoms with Gasteiger partial charge in [0, 0.05) is 6.61 Å². The van der Waals surface area contributed by atoms with Gasteiger partial charge in [-0.3, -0.25) is 0 Å². The van der Waals surface area contributed by atoms with Crippen LogP contribution in [0.25, 0.3) is 0 Å². The quantitative estimate of drug-likeness (QED) is 0.452. The summed E-state index contributed by atoms with van der Waals surface area (Å²) in [6.45, 7) is 1.89. The molecule has 0 aromatic heterocycles. The van der Waals surface area contributed by atoms with Crippen molar-refractivity contribution in [1.82, 2.24) is 0 Å². The van der Waals surface area contributed by atoms with Gasteiger partial charge in [-0.25, -0.2) is 0 Å². The Balaban J connectivity index is 3.57. The van der Waals surface area contributed by atoms with E-state index >= 15 is 0 Å². The van der Waals surface area contributed by atoms with Gasteiger partial charge in [-0.1, -0.05) is 13.3 Å². The maximum Gasteiger partial charge on any atom is 0.0589 e. The third-order valence-electron chi connectivity index (χ3n) is 2.17. The van der Waals surface area contributed by atoms with Gasteiger partial charge < -0.3 is 20.4 Å². The molecule has 14 heavy (non-hydrogen) atoms. The van der Waals surface area contributed by atoms with Gasteiger partial charge in [0.15, 0.2) is 0 Å². The summed E-state index contributed by atoms with van der Waals surface area (Å²) >= 11 is 0. The van der Waals surface area contributed by atoms with Gasteiger partial charge in [0.1, 0.15) is 0 Å². The van der Waals surface area contributed by atoms with Crippen molar-refractivity contribution in [3.63, 3.8) is 0 Å². The fourth-order valence-electron chi connectivity index (χ4n) is 1.44. The maximum absolute atomic E-state index is 9.44. The van der Waals surface area contributed by atoms with Crippen LogP contribution in [-0.2, 0) is 0 Å². The Labute approximate surface area is 85.2 Å². The topological polar surface area (TPSA) is 80.9 Å². The van der Waals surface area contributed by atoms with Gasteiger partial charge in [0.05, 0.1) is 18.3 Å². The molecule has 0 aliphatic carbocycles. The van der Waals surface area contributed by atoms with Crippen molar-refractivity contribution in [2.75, 3.05) is 6.61 Å². The Bertz CT molecular complexity index is 115. The van der Waals surface area contributed by atoms with E-state index in [1.807, 2.05) is 6.92 Å². The minimum atomic E-state index is -0.682. The van der Waals surface area contributed by atoms with E-state index in [0.717, 1.165) is 6.42 Å². The van der Waals surface area contributed by atoms with E-state index in [4.69, 9.17) is 5.11 Å². The van der Waals surface area contributed by atoms with Crippen molar-refractivity contribution in [2.45, 2.75) is 57.3 Å². The molecule has 0 heterocycles. The summed E-state index contributed by atoms with van der Waals surface area (Å²) in [5, 5.41) is 36.6. The van der Waals surface area contributed by atoms with Crippen molar-refractivity contribution >= 4 is 0 Å². The summed E-state index contributed by atoms with van der Waals surface area (Å²) in [4.78, 5) is 0. The van der Waals surface area contributed by atoms with Crippen molar-refractivity contribution in [1.29, 1.82) is 0 Å². The number of hydrogen-bond acceptors (Lipinski definition) is 4. The second-order valence-electron chi connectivity index (χ2n) is 3.73. The Morgan fingerprint density at radius 3 is 1.79 bits per heavy atom. The van der Waals surface area contributed by atoms with Crippen LogP contribution in [-0.4, -0.2) is 45.3 Å². The van der Waals surface area contributed by atoms with Crippen molar-refractivity contribution in [2.24, 2.45) is 0 Å². The summed E-state index contributed by atoms with van der Waals surface area (Å²) in [6, 6.07) is 0. The highest BCUT2D eigenvalue weighted by Gasteiger charge is 2.15. The molecule has 0 saturated heterocycles. The second-order valence-corrected chi connectivity index (χ2v) is 3.73. The first-order valence-corrected chi connectivity index (χ1v) is 5.25. The van der Waals surface area contributed by atoms with Crippen LogP contribution in [0, 0.1) is 0 Å². The van der Waals surface area contributed by atoms with Crippen LogP contribution in [0.5, 0.6) is 0 Å². The monoisotopic (exact) mass is 206 g/mol. The molecular formula is C10H22O4. The zero-order chi connectivity index (χ0) is 11.0. The van der Waals surface area contributed by atoms with Gasteiger partial charge in [-0.15, -0.1) is 0 Å². The molecule has 0 aromatic rings. The molecule has 0 unspecified atom stereocenters. The molecule has 0 saturated carbocycles. The largest absolute Gasteiger partial charge is 0.396 e. The minimum absolute atomic E-state index is 0.0780. The first-order chi connectivity index (χ1) is 6.60. The average molecular weight is 206 g/mol. The third-order valence-corrected chi connectivity index (χ3v) is 2.17. The Kier molecular flexibility index (Phi) is 8.08. The smallest absolute Gasteiger partial charge is 0.0589 e. The SMILES string of the molecule is CCC[C@H](O)C[C@H](O)C[C@@H](O)CCO. The molecule has 0 aliphatic heterocycles. The summed E-state index contributed by atoms with van der Waals surface area (Å²) in [7, 11) is 0. The first-order valence-electron chi connectivity index (χ1n) is 5.25. The molecule has 0 aromatic carbocycles. The van der Waals surface area contributed by atoms with Crippen LogP contribution >= 0.6 is 0 Å². The van der Waals surface area contributed by atoms with Gasteiger partial charge >= 0.3 is 0 Å². The first kappa shape index (κ1) is 13.8. The molecular weight excluding hydrogens is 184 g/mol. The van der Waals surface area contributed by atoms with E-state index in [1.54, 1.807) is 0 Å². The van der Waals surface area contributed by atoms with Gasteiger partial charge in [0.2, 0.25) is 0 Å². The molecule has 3 atom stereocenters. The predicted octanol–water partition coefficient (Wildman–Crippen LogP) is 0.0318. The Hall–Kier alpha value is -0.160. The van der Waals surface area contributed by atoms with Crippen LogP contribution in [0.4, 0.5) is 0 Å². The van der Waals surface area contributed by atoms with Crippen LogP contribution < -0.4 is 0 Å². The lowest BCUT2D eigenvalue weighted by molar-refractivity contribution is 0.0298. The lowest BCUT2D eigenvalue weighted by atomic mass is 10.0. The van der Waals surface area contributed by atoms with Crippen LogP contribution in [0.2, 0.25) is 0 Å². The standard InChI is InChI=1S/C10H22O4/c1-2-3-8(12)6-10(14)7-9(13)4-5-11/h8-14H,2-7H2,1H3/t8-,9-,10-/m0/s1. The van der Waals surface area contributed by atoms with E-state index < -0.39 is 18.3 Å². The molecule has 4 nitrogen and oxygen atoms in total. The van der Waals surface area contributed by atoms with Crippen molar-refractivity contribution in [3.05, 3.63) is 0 Å². The normalized spacial score (nSPS) is 17.8. The molecule has 0 fully saturated rings. The molecule has 86 valence electrons. The highest BCUT2D eigenvalue weighted by Crippen LogP contribution is 2.10. The second kappa shape index (κ2) is 8.17. The number of rotatable bonds is 8. The minimum Gasteiger partial charge on any atom is -0.396 e. The summed E-state index contributed by atoms with van der Waals surface area (Å²) in [5.74, 6) is 0. The lowest BCUT2D eigenvalue weighted by Gasteiger charge is -2.17. The Morgan fingerprint density at radius 2 is 1.36 bits per heavy atom. The predicted molar refractivity (Wildman–Crippen MR) is 53.9 cm³/mol. The number of hydrogen-bond donors (Lipinski definition) is 4. The lowest BCUT2D eigenvalue weighted by Crippen LogP contribution is -2.23. The van der Waals surface area contributed by atoms with Gasteiger partial charge in [-0.2, -0.15) is 0 Å². The van der Waals surface area contributed by atoms with E-state index in [-0.39, 0.29) is 19.4 Å². The summed E-state index contributed by atoms with van der Waals surface area (Å²) in [6.07, 6.45) is 0.511. The molecule has 0 aliphatic rings. The molecule has 0 amide bonds. The van der Waals surface area contributed by atoms with Crippen LogP contribution in [0.15, 0.2) is 0 Å². The Morgan fingerprint density at radius 1 is 0.857 bits per heavy atom. The zero-order valence-electron chi connectivity index (χ0n) is 8.76. The van der Waals surface area contributed by atoms with Gasteiger partial charge in [0.25, 0.3) is 0 Å². The van der Waals surface area contributed by atoms with Crippen LogP contribution in [0.1, 0.15) is 39.0 Å². The zero-order valence-corrected chi connectivity index (χ0v) is 8.76. The molecule has 4 N–H and O–H groups in total. The van der Waals surface area contributed by atoms with Crippen molar-refractivity contribution < 1.29 is 20.4 Å². The maximum atomic E-state index is 9.44. The highest BCUT2D eigenvalue weighted by molar-refractivity contribution is 4.67. The van der Waals surface area contributed by atoms with Crippen LogP contribution in [0.3, 0.4) is 0 Å². The molecule has 0 rings (SSSR count). The molecule has 0 bridgehead atoms.